The molecule has 0 spiro atoms. The lowest BCUT2D eigenvalue weighted by Crippen LogP contribution is -2.45. The summed E-state index contributed by atoms with van der Waals surface area (Å²) in [5, 5.41) is 7.89. The standard InChI is InChI=1S/C13H23N3O4S/c14-21(19,20)8-4-7-15-11-9-12(17)16(13(11)18)10-5-2-1-3-6-10/h10-11,15H,1-9H2,(H2,14,19,20). The van der Waals surface area contributed by atoms with E-state index in [1.54, 1.807) is 0 Å². The van der Waals surface area contributed by atoms with Crippen LogP contribution in [0.25, 0.3) is 0 Å². The fourth-order valence-electron chi connectivity index (χ4n) is 3.08. The van der Waals surface area contributed by atoms with Crippen molar-refractivity contribution < 1.29 is 18.0 Å². The molecule has 2 fully saturated rings. The SMILES string of the molecule is NS(=O)(=O)CCCNC1CC(=O)N(C2CCCCC2)C1=O. The number of hydrogen-bond donors (Lipinski definition) is 2. The van der Waals surface area contributed by atoms with Crippen molar-refractivity contribution in [3.63, 3.8) is 0 Å². The van der Waals surface area contributed by atoms with Gasteiger partial charge in [-0.3, -0.25) is 14.5 Å². The number of nitrogens with zero attached hydrogens (tertiary/aromatic N) is 1. The first-order valence-electron chi connectivity index (χ1n) is 7.48. The summed E-state index contributed by atoms with van der Waals surface area (Å²) < 4.78 is 21.6. The van der Waals surface area contributed by atoms with Crippen molar-refractivity contribution in [2.24, 2.45) is 5.14 Å². The lowest BCUT2D eigenvalue weighted by molar-refractivity contribution is -0.142. The van der Waals surface area contributed by atoms with Crippen molar-refractivity contribution >= 4 is 21.8 Å². The number of rotatable bonds is 6. The molecule has 1 unspecified atom stereocenters. The maximum atomic E-state index is 12.3. The Bertz CT molecular complexity index is 500. The van der Waals surface area contributed by atoms with Crippen LogP contribution in [0.3, 0.4) is 0 Å². The van der Waals surface area contributed by atoms with E-state index in [9.17, 15) is 18.0 Å². The number of primary sulfonamides is 1. The molecule has 1 atom stereocenters. The number of nitrogens with two attached hydrogens (primary N) is 1. The van der Waals surface area contributed by atoms with E-state index in [1.165, 1.54) is 11.3 Å². The monoisotopic (exact) mass is 317 g/mol. The average Bonchev–Trinajstić information content (AvgIpc) is 2.69. The molecule has 0 radical (unpaired) electrons. The smallest absolute Gasteiger partial charge is 0.247 e. The van der Waals surface area contributed by atoms with E-state index in [4.69, 9.17) is 5.14 Å². The second-order valence-corrected chi connectivity index (χ2v) is 7.56. The zero-order valence-electron chi connectivity index (χ0n) is 12.1. The van der Waals surface area contributed by atoms with Gasteiger partial charge < -0.3 is 5.32 Å². The molecule has 0 aromatic heterocycles. The second-order valence-electron chi connectivity index (χ2n) is 5.83. The Morgan fingerprint density at radius 3 is 2.48 bits per heavy atom. The molecule has 2 aliphatic rings. The summed E-state index contributed by atoms with van der Waals surface area (Å²) >= 11 is 0. The number of hydrogen-bond acceptors (Lipinski definition) is 5. The Labute approximate surface area is 125 Å². The number of sulfonamides is 1. The molecule has 3 N–H and O–H groups in total. The Morgan fingerprint density at radius 2 is 1.86 bits per heavy atom. The summed E-state index contributed by atoms with van der Waals surface area (Å²) in [6, 6.07) is -0.463. The van der Waals surface area contributed by atoms with Gasteiger partial charge in [0, 0.05) is 6.04 Å². The van der Waals surface area contributed by atoms with E-state index in [0.717, 1.165) is 25.7 Å². The van der Waals surface area contributed by atoms with Gasteiger partial charge in [-0.1, -0.05) is 19.3 Å². The van der Waals surface area contributed by atoms with Crippen LogP contribution in [-0.4, -0.2) is 49.5 Å². The molecular formula is C13H23N3O4S. The number of likely N-dealkylation sites (tertiary alicyclic amines) is 1. The van der Waals surface area contributed by atoms with Crippen molar-refractivity contribution in [2.75, 3.05) is 12.3 Å². The van der Waals surface area contributed by atoms with Crippen molar-refractivity contribution in [1.29, 1.82) is 0 Å². The fourth-order valence-corrected chi connectivity index (χ4v) is 3.63. The maximum absolute atomic E-state index is 12.3. The van der Waals surface area contributed by atoms with Crippen molar-refractivity contribution in [2.45, 2.75) is 57.0 Å². The highest BCUT2D eigenvalue weighted by Crippen LogP contribution is 2.27. The van der Waals surface area contributed by atoms with E-state index in [0.29, 0.717) is 13.0 Å². The minimum absolute atomic E-state index is 0.0509. The van der Waals surface area contributed by atoms with Crippen LogP contribution < -0.4 is 10.5 Å². The number of amides is 2. The molecule has 0 aromatic carbocycles. The van der Waals surface area contributed by atoms with Crippen LogP contribution in [0.5, 0.6) is 0 Å². The highest BCUT2D eigenvalue weighted by Gasteiger charge is 2.42. The van der Waals surface area contributed by atoms with Gasteiger partial charge in [-0.15, -0.1) is 0 Å². The molecule has 1 aliphatic heterocycles. The minimum atomic E-state index is -3.47. The Morgan fingerprint density at radius 1 is 1.19 bits per heavy atom. The normalized spacial score (nSPS) is 24.8. The van der Waals surface area contributed by atoms with Crippen LogP contribution in [0.4, 0.5) is 0 Å². The third-order valence-electron chi connectivity index (χ3n) is 4.12. The van der Waals surface area contributed by atoms with E-state index in [2.05, 4.69) is 5.32 Å². The van der Waals surface area contributed by atoms with Gasteiger partial charge in [0.05, 0.1) is 18.2 Å². The maximum Gasteiger partial charge on any atom is 0.247 e. The quantitative estimate of drug-likeness (QED) is 0.517. The van der Waals surface area contributed by atoms with Crippen LogP contribution in [0.1, 0.15) is 44.9 Å². The van der Waals surface area contributed by atoms with Gasteiger partial charge in [0.25, 0.3) is 0 Å². The summed E-state index contributed by atoms with van der Waals surface area (Å²) in [7, 11) is -3.47. The van der Waals surface area contributed by atoms with Crippen LogP contribution in [0, 0.1) is 0 Å². The van der Waals surface area contributed by atoms with Gasteiger partial charge in [0.15, 0.2) is 0 Å². The van der Waals surface area contributed by atoms with E-state index in [1.807, 2.05) is 0 Å². The van der Waals surface area contributed by atoms with Crippen molar-refractivity contribution in [3.8, 4) is 0 Å². The highest BCUT2D eigenvalue weighted by atomic mass is 32.2. The molecule has 1 saturated heterocycles. The third kappa shape index (κ3) is 4.49. The number of nitrogens with one attached hydrogen (secondary N) is 1. The van der Waals surface area contributed by atoms with Gasteiger partial charge in [-0.05, 0) is 25.8 Å². The molecule has 2 rings (SSSR count). The molecule has 0 aromatic rings. The fraction of sp³-hybridized carbons (Fsp3) is 0.846. The zero-order valence-corrected chi connectivity index (χ0v) is 12.9. The van der Waals surface area contributed by atoms with Crippen LogP contribution in [0.15, 0.2) is 0 Å². The first-order chi connectivity index (χ1) is 9.88. The summed E-state index contributed by atoms with van der Waals surface area (Å²) in [5.74, 6) is -0.403. The zero-order chi connectivity index (χ0) is 15.5. The Kier molecular flexibility index (Phi) is 5.34. The minimum Gasteiger partial charge on any atom is -0.305 e. The van der Waals surface area contributed by atoms with Gasteiger partial charge in [0.1, 0.15) is 0 Å². The van der Waals surface area contributed by atoms with Crippen LogP contribution in [0.2, 0.25) is 0 Å². The third-order valence-corrected chi connectivity index (χ3v) is 4.98. The van der Waals surface area contributed by atoms with E-state index in [-0.39, 0.29) is 30.0 Å². The Hall–Kier alpha value is -0.990. The summed E-state index contributed by atoms with van der Waals surface area (Å²) in [6.45, 7) is 0.360. The molecule has 7 nitrogen and oxygen atoms in total. The van der Waals surface area contributed by atoms with Crippen molar-refractivity contribution in [3.05, 3.63) is 0 Å². The van der Waals surface area contributed by atoms with E-state index >= 15 is 0 Å². The molecule has 2 amide bonds. The van der Waals surface area contributed by atoms with Gasteiger partial charge in [-0.2, -0.15) is 0 Å². The molecule has 1 saturated carbocycles. The Balaban J connectivity index is 1.83. The second kappa shape index (κ2) is 6.85. The van der Waals surface area contributed by atoms with Crippen molar-refractivity contribution in [1.82, 2.24) is 10.2 Å². The molecule has 0 bridgehead atoms. The summed E-state index contributed by atoms with van der Waals surface area (Å²) in [5.41, 5.74) is 0. The largest absolute Gasteiger partial charge is 0.305 e. The predicted molar refractivity (Wildman–Crippen MR) is 77.7 cm³/mol. The van der Waals surface area contributed by atoms with Crippen LogP contribution in [-0.2, 0) is 19.6 Å². The van der Waals surface area contributed by atoms with Gasteiger partial charge in [0.2, 0.25) is 21.8 Å². The van der Waals surface area contributed by atoms with E-state index < -0.39 is 16.1 Å². The van der Waals surface area contributed by atoms with Gasteiger partial charge in [-0.25, -0.2) is 13.6 Å². The number of carbonyl (C=O) groups is 2. The van der Waals surface area contributed by atoms with Crippen LogP contribution >= 0.6 is 0 Å². The molecule has 8 heteroatoms. The lowest BCUT2D eigenvalue weighted by atomic mass is 9.94. The topological polar surface area (TPSA) is 110 Å². The molecule has 21 heavy (non-hydrogen) atoms. The number of carbonyl (C=O) groups excluding carboxylic acids is 2. The molecule has 1 heterocycles. The first kappa shape index (κ1) is 16.4. The van der Waals surface area contributed by atoms with Gasteiger partial charge >= 0.3 is 0 Å². The summed E-state index contributed by atoms with van der Waals surface area (Å²) in [6.07, 6.45) is 5.60. The average molecular weight is 317 g/mol. The first-order valence-corrected chi connectivity index (χ1v) is 9.20. The summed E-state index contributed by atoms with van der Waals surface area (Å²) in [4.78, 5) is 25.8. The molecule has 1 aliphatic carbocycles. The number of imide groups is 1. The molecule has 120 valence electrons. The lowest BCUT2D eigenvalue weighted by Gasteiger charge is -2.29. The highest BCUT2D eigenvalue weighted by molar-refractivity contribution is 7.89. The predicted octanol–water partition coefficient (Wildman–Crippen LogP) is -0.285. The molecular weight excluding hydrogens is 294 g/mol.